The Hall–Kier alpha value is -3.35. The zero-order valence-corrected chi connectivity index (χ0v) is 77.8. The third-order valence-electron chi connectivity index (χ3n) is 24.1. The molecule has 0 bridgehead atoms. The average Bonchev–Trinajstić information content (AvgIpc) is 0.772. The van der Waals surface area contributed by atoms with Gasteiger partial charge in [-0.15, -0.1) is 0 Å². The predicted octanol–water partition coefficient (Wildman–Crippen LogP) is 21.7. The van der Waals surface area contributed by atoms with Gasteiger partial charge >= 0.3 is 23.9 Å². The maximum atomic E-state index is 15.0. The average molecular weight is 1730 g/mol. The lowest BCUT2D eigenvalue weighted by molar-refractivity contribution is -0.304. The van der Waals surface area contributed by atoms with Crippen molar-refractivity contribution < 1.29 is 101 Å². The highest BCUT2D eigenvalue weighted by molar-refractivity contribution is 7.44. The van der Waals surface area contributed by atoms with Gasteiger partial charge in [0.05, 0.1) is 32.5 Å². The number of ether oxygens (including phenoxy) is 7. The van der Waals surface area contributed by atoms with E-state index < -0.39 is 149 Å². The third kappa shape index (κ3) is 60.3. The van der Waals surface area contributed by atoms with E-state index in [1.807, 2.05) is 0 Å². The molecule has 0 radical (unpaired) electrons. The summed E-state index contributed by atoms with van der Waals surface area (Å²) in [4.78, 5) is 108. The van der Waals surface area contributed by atoms with E-state index in [1.54, 1.807) is 0 Å². The molecular weight excluding hydrogens is 1550 g/mol. The number of amides is 2. The van der Waals surface area contributed by atoms with E-state index in [1.165, 1.54) is 173 Å². The van der Waals surface area contributed by atoms with Gasteiger partial charge in [0.1, 0.15) is 60.9 Å². The van der Waals surface area contributed by atoms with Crippen LogP contribution in [0.25, 0.3) is 0 Å². The van der Waals surface area contributed by atoms with Gasteiger partial charge in [-0.05, 0) is 57.8 Å². The Kier molecular flexibility index (Phi) is 72.2. The molecule has 0 aromatic carbocycles. The van der Waals surface area contributed by atoms with Crippen LogP contribution in [0.3, 0.4) is 0 Å². The largest absolute Gasteiger partial charge is 0.756 e. The van der Waals surface area contributed by atoms with E-state index in [0.717, 1.165) is 173 Å². The van der Waals surface area contributed by atoms with Crippen LogP contribution in [0.15, 0.2) is 0 Å². The van der Waals surface area contributed by atoms with E-state index in [2.05, 4.69) is 52.2 Å². The van der Waals surface area contributed by atoms with Crippen molar-refractivity contribution in [2.75, 3.05) is 13.2 Å². The van der Waals surface area contributed by atoms with Gasteiger partial charge in [0.2, 0.25) is 11.8 Å². The molecule has 2 rings (SSSR count). The molecule has 2 saturated heterocycles. The van der Waals surface area contributed by atoms with Crippen molar-refractivity contribution in [3.05, 3.63) is 0 Å². The molecule has 2 aliphatic heterocycles. The first-order valence-electron chi connectivity index (χ1n) is 49.9. The first-order chi connectivity index (χ1) is 58.2. The molecule has 2 heterocycles. The second-order valence-electron chi connectivity index (χ2n) is 35.4. The molecule has 120 heavy (non-hydrogen) atoms. The fraction of sp³-hybridized carbons (Fsp3) is 0.938. The number of unbranched alkanes of at least 4 members (excludes halogenated alkanes) is 54. The van der Waals surface area contributed by atoms with E-state index in [9.17, 15) is 63.5 Å². The summed E-state index contributed by atoms with van der Waals surface area (Å²) >= 11 is 0. The van der Waals surface area contributed by atoms with Crippen molar-refractivity contribution in [3.8, 4) is 0 Å². The number of phosphoric ester groups is 1. The van der Waals surface area contributed by atoms with Crippen molar-refractivity contribution in [3.63, 3.8) is 0 Å². The van der Waals surface area contributed by atoms with Gasteiger partial charge < -0.3 is 78.5 Å². The van der Waals surface area contributed by atoms with Gasteiger partial charge in [0, 0.05) is 19.3 Å². The Morgan fingerprint density at radius 3 is 0.917 bits per heavy atom. The summed E-state index contributed by atoms with van der Waals surface area (Å²) in [5.74, 6) is -3.90. The minimum atomic E-state index is -5.83. The molecule has 0 saturated carbocycles. The number of rotatable bonds is 84. The topological polar surface area (TPSA) is 342 Å². The van der Waals surface area contributed by atoms with Crippen LogP contribution in [0.4, 0.5) is 0 Å². The number of phosphoric acid groups is 1. The first-order valence-corrected chi connectivity index (χ1v) is 51.4. The third-order valence-corrected chi connectivity index (χ3v) is 24.6. The Labute approximate surface area is 729 Å². The van der Waals surface area contributed by atoms with Crippen molar-refractivity contribution in [1.82, 2.24) is 10.6 Å². The molecule has 5 unspecified atom stereocenters. The van der Waals surface area contributed by atoms with Crippen LogP contribution in [0.2, 0.25) is 0 Å². The molecule has 14 atom stereocenters. The maximum absolute atomic E-state index is 15.0. The fourth-order valence-electron chi connectivity index (χ4n) is 16.7. The van der Waals surface area contributed by atoms with Crippen LogP contribution in [0.5, 0.6) is 0 Å². The highest BCUT2D eigenvalue weighted by Crippen LogP contribution is 2.40. The first kappa shape index (κ1) is 113. The van der Waals surface area contributed by atoms with Crippen molar-refractivity contribution >= 4 is 43.5 Å². The summed E-state index contributed by atoms with van der Waals surface area (Å²) in [6.45, 7) is 11.4. The lowest BCUT2D eigenvalue weighted by atomic mass is 9.95. The second-order valence-corrected chi connectivity index (χ2v) is 36.6. The van der Waals surface area contributed by atoms with Crippen LogP contribution in [-0.2, 0) is 71.0 Å². The minimum absolute atomic E-state index is 0.117. The van der Waals surface area contributed by atoms with E-state index in [4.69, 9.17) is 37.7 Å². The van der Waals surface area contributed by atoms with Crippen LogP contribution in [0, 0.1) is 0 Å². The molecule has 0 aromatic rings. The van der Waals surface area contributed by atoms with Crippen molar-refractivity contribution in [2.24, 2.45) is 0 Å². The van der Waals surface area contributed by atoms with Crippen LogP contribution in [-0.4, -0.2) is 154 Å². The van der Waals surface area contributed by atoms with E-state index in [0.29, 0.717) is 51.4 Å². The fourth-order valence-corrected chi connectivity index (χ4v) is 17.2. The summed E-state index contributed by atoms with van der Waals surface area (Å²) in [5.41, 5.74) is 0. The van der Waals surface area contributed by atoms with Gasteiger partial charge in [-0.25, -0.2) is 0 Å². The summed E-state index contributed by atoms with van der Waals surface area (Å²) < 4.78 is 61.1. The van der Waals surface area contributed by atoms with Gasteiger partial charge in [-0.2, -0.15) is 0 Å². The summed E-state index contributed by atoms with van der Waals surface area (Å²) in [6, 6.07) is -3.41. The lowest BCUT2D eigenvalue weighted by Gasteiger charge is -2.47. The summed E-state index contributed by atoms with van der Waals surface area (Å²) in [6.07, 6.45) is 46.3. The SMILES string of the molecule is CCCCCCCCCCCCCC(=O)O[C@H](CCCCCCCCCCC)CC(=O)NC1[C@H](OCC2O[C@H](O)C(NC(=O)C[C@@H](CCCCCCCCCCC)OC(=O)CCCCCCCCCCCCC)[C@@H](O)[C@@H]2O)OC(CO)[C@@H](OP(=O)([O-])O)[C@@H]1OC(=O)C[C@@H](CCCCCCCCCCC)OC(=O)CCCCCCCCCCCCC. The molecule has 2 aliphatic rings. The highest BCUT2D eigenvalue weighted by Gasteiger charge is 2.53. The van der Waals surface area contributed by atoms with Gasteiger partial charge in [0.15, 0.2) is 18.7 Å². The van der Waals surface area contributed by atoms with Crippen LogP contribution >= 0.6 is 7.82 Å². The van der Waals surface area contributed by atoms with Crippen LogP contribution in [0.1, 0.15) is 485 Å². The Bertz CT molecular complexity index is 2510. The Morgan fingerprint density at radius 1 is 0.350 bits per heavy atom. The lowest BCUT2D eigenvalue weighted by Crippen LogP contribution is -2.67. The monoisotopic (exact) mass is 1730 g/mol. The zero-order valence-electron chi connectivity index (χ0n) is 76.9. The van der Waals surface area contributed by atoms with Crippen LogP contribution < -0.4 is 15.5 Å². The molecule has 2 fully saturated rings. The Balaban J connectivity index is 2.58. The van der Waals surface area contributed by atoms with Gasteiger partial charge in [-0.1, -0.05) is 388 Å². The zero-order chi connectivity index (χ0) is 87.7. The molecule has 24 heteroatoms. The maximum Gasteiger partial charge on any atom is 0.310 e. The van der Waals surface area contributed by atoms with E-state index in [-0.39, 0.29) is 32.1 Å². The predicted molar refractivity (Wildman–Crippen MR) is 475 cm³/mol. The normalized spacial score (nSPS) is 20.6. The second kappa shape index (κ2) is 76.8. The molecule has 7 N–H and O–H groups in total. The Morgan fingerprint density at radius 2 is 0.625 bits per heavy atom. The summed E-state index contributed by atoms with van der Waals surface area (Å²) in [5, 5.41) is 51.8. The van der Waals surface area contributed by atoms with Crippen molar-refractivity contribution in [2.45, 2.75) is 564 Å². The van der Waals surface area contributed by atoms with Gasteiger partial charge in [0.25, 0.3) is 7.82 Å². The van der Waals surface area contributed by atoms with Crippen molar-refractivity contribution in [1.29, 1.82) is 0 Å². The number of aliphatic hydroxyl groups excluding tert-OH is 4. The number of aliphatic hydroxyl groups is 4. The molecule has 23 nitrogen and oxygen atoms in total. The van der Waals surface area contributed by atoms with E-state index >= 15 is 0 Å². The number of hydrogen-bond acceptors (Lipinski definition) is 20. The van der Waals surface area contributed by atoms with Gasteiger partial charge in [-0.3, -0.25) is 33.3 Å². The molecule has 0 spiro atoms. The number of hydrogen-bond donors (Lipinski definition) is 7. The number of esters is 4. The molecular formula is C96H180N2O21P-. The number of carbonyl (C=O) groups excluding carboxylic acids is 6. The molecule has 706 valence electrons. The summed E-state index contributed by atoms with van der Waals surface area (Å²) in [7, 11) is -5.83. The highest BCUT2D eigenvalue weighted by atomic mass is 31.2. The minimum Gasteiger partial charge on any atom is -0.756 e. The smallest absolute Gasteiger partial charge is 0.310 e. The molecule has 2 amide bonds. The molecule has 0 aromatic heterocycles. The standard InChI is InChI=1S/C96H181N2O21P/c1-7-13-19-25-31-37-40-46-52-58-64-70-85(102)113-78(67-61-55-49-43-34-28-22-16-10-4)73-83(100)97-89-92(107)91(106)82(116-95(89)108)77-112-96-90(98-84(101)74-79(68-62-56-50-44-35-29-23-17-11-5)114-86(103)71-65-59-53-47-41-38-32-26-20-14-8-2)94(93(81(76-99)117-96)119-120(109,110)111)118-88(105)75-80(69-63-57-51-45-36-30-24-18-12-6)115-87(104)72-66-60-54-48-42-39-33-27-21-15-9-3/h78-82,89-96,99,106-108H,7-77H2,1-6H3,(H,97,100)(H,98,101)(H2,109,110,111)/p-1/t78-,79-,80-,81?,82?,89?,90?,91-,92-,93-,94-,95+,96-/m1/s1. The number of nitrogens with one attached hydrogen (secondary N) is 2. The quantitative estimate of drug-likeness (QED) is 0.0129. The number of carbonyl (C=O) groups is 6. The molecule has 0 aliphatic carbocycles.